The number of rotatable bonds is 1. The average molecular weight is 283 g/mol. The number of aryl methyl sites for hydroxylation is 1. The minimum absolute atomic E-state index is 0.165. The van der Waals surface area contributed by atoms with E-state index in [-0.39, 0.29) is 12.1 Å². The minimum Gasteiger partial charge on any atom is -0.447 e. The van der Waals surface area contributed by atoms with Crippen LogP contribution in [0.1, 0.15) is 5.69 Å². The molecule has 2 saturated heterocycles. The van der Waals surface area contributed by atoms with E-state index in [9.17, 15) is 4.79 Å². The van der Waals surface area contributed by atoms with E-state index in [1.165, 1.54) is 11.1 Å². The average Bonchev–Trinajstić information content (AvgIpc) is 2.87. The van der Waals surface area contributed by atoms with Crippen molar-refractivity contribution in [3.63, 3.8) is 0 Å². The molecule has 108 valence electrons. The van der Waals surface area contributed by atoms with Gasteiger partial charge in [-0.25, -0.2) is 4.79 Å². The summed E-state index contributed by atoms with van der Waals surface area (Å²) in [6.07, 6.45) is -0.171. The molecule has 2 aliphatic rings. The van der Waals surface area contributed by atoms with Crippen LogP contribution >= 0.6 is 0 Å². The number of amides is 1. The molecule has 0 bridgehead atoms. The highest BCUT2D eigenvalue weighted by Gasteiger charge is 2.37. The Labute approximate surface area is 123 Å². The number of hydrogen-bond donors (Lipinski definition) is 0. The number of piperazine rings is 1. The van der Waals surface area contributed by atoms with E-state index in [0.29, 0.717) is 6.61 Å². The zero-order valence-corrected chi connectivity index (χ0v) is 12.0. The van der Waals surface area contributed by atoms with Gasteiger partial charge in [0.25, 0.3) is 0 Å². The third kappa shape index (κ3) is 2.00. The van der Waals surface area contributed by atoms with Gasteiger partial charge >= 0.3 is 6.09 Å². The highest BCUT2D eigenvalue weighted by Crippen LogP contribution is 2.29. The second kappa shape index (κ2) is 4.62. The van der Waals surface area contributed by atoms with Gasteiger partial charge in [0.2, 0.25) is 0 Å². The van der Waals surface area contributed by atoms with Gasteiger partial charge < -0.3 is 9.64 Å². The van der Waals surface area contributed by atoms with Crippen LogP contribution < -0.4 is 4.90 Å². The van der Waals surface area contributed by atoms with Gasteiger partial charge in [-0.3, -0.25) is 9.88 Å². The van der Waals surface area contributed by atoms with Gasteiger partial charge in [0.05, 0.1) is 11.6 Å². The van der Waals surface area contributed by atoms with Crippen molar-refractivity contribution in [3.05, 3.63) is 36.0 Å². The Morgan fingerprint density at radius 3 is 3.05 bits per heavy atom. The number of cyclic esters (lactones) is 1. The zero-order chi connectivity index (χ0) is 14.4. The summed E-state index contributed by atoms with van der Waals surface area (Å²) in [6.45, 7) is 4.89. The third-order valence-electron chi connectivity index (χ3n) is 4.28. The molecule has 1 unspecified atom stereocenters. The van der Waals surface area contributed by atoms with E-state index in [0.717, 1.165) is 30.8 Å². The number of carbonyl (C=O) groups is 1. The van der Waals surface area contributed by atoms with Gasteiger partial charge in [-0.15, -0.1) is 0 Å². The zero-order valence-electron chi connectivity index (χ0n) is 12.0. The Bertz CT molecular complexity index is 716. The molecule has 0 N–H and O–H groups in total. The second-order valence-corrected chi connectivity index (χ2v) is 5.67. The van der Waals surface area contributed by atoms with Crippen LogP contribution in [0.5, 0.6) is 0 Å². The number of anilines is 1. The molecule has 0 aliphatic carbocycles. The number of hydrogen-bond acceptors (Lipinski definition) is 4. The lowest BCUT2D eigenvalue weighted by atomic mass is 10.1. The first kappa shape index (κ1) is 12.4. The largest absolute Gasteiger partial charge is 0.447 e. The molecule has 1 atom stereocenters. The van der Waals surface area contributed by atoms with Crippen LogP contribution in [0.25, 0.3) is 10.9 Å². The Balaban J connectivity index is 1.72. The van der Waals surface area contributed by atoms with E-state index >= 15 is 0 Å². The summed E-state index contributed by atoms with van der Waals surface area (Å²) in [7, 11) is 0. The Morgan fingerprint density at radius 1 is 1.29 bits per heavy atom. The highest BCUT2D eigenvalue weighted by molar-refractivity contribution is 5.92. The quantitative estimate of drug-likeness (QED) is 0.805. The van der Waals surface area contributed by atoms with Crippen LogP contribution in [0.2, 0.25) is 0 Å². The molecule has 5 heteroatoms. The monoisotopic (exact) mass is 283 g/mol. The van der Waals surface area contributed by atoms with Crippen molar-refractivity contribution >= 4 is 22.7 Å². The van der Waals surface area contributed by atoms with Crippen LogP contribution in [0.15, 0.2) is 30.3 Å². The number of nitrogens with zero attached hydrogens (tertiary/aromatic N) is 3. The van der Waals surface area contributed by atoms with Gasteiger partial charge in [0, 0.05) is 36.4 Å². The number of para-hydroxylation sites is 1. The molecule has 1 aromatic heterocycles. The molecule has 2 fully saturated rings. The van der Waals surface area contributed by atoms with E-state index < -0.39 is 0 Å². The molecule has 3 heterocycles. The summed E-state index contributed by atoms with van der Waals surface area (Å²) in [6, 6.07) is 10.5. The summed E-state index contributed by atoms with van der Waals surface area (Å²) in [5.41, 5.74) is 3.25. The number of pyridine rings is 1. The molecule has 1 amide bonds. The van der Waals surface area contributed by atoms with Gasteiger partial charge in [0.1, 0.15) is 6.61 Å². The number of ether oxygens (including phenoxy) is 1. The lowest BCUT2D eigenvalue weighted by Crippen LogP contribution is -2.52. The first-order valence-corrected chi connectivity index (χ1v) is 7.27. The molecule has 4 rings (SSSR count). The summed E-state index contributed by atoms with van der Waals surface area (Å²) in [5, 5.41) is 1.17. The van der Waals surface area contributed by atoms with E-state index in [2.05, 4.69) is 22.0 Å². The lowest BCUT2D eigenvalue weighted by Gasteiger charge is -2.37. The standard InChI is InChI=1S/C16H17N3O2/c1-11-8-15(13-4-2-3-5-14(13)17-11)18-6-7-19-12(9-18)10-21-16(19)20/h2-5,8,12H,6-7,9-10H2,1H3. The van der Waals surface area contributed by atoms with Crippen molar-refractivity contribution in [2.45, 2.75) is 13.0 Å². The van der Waals surface area contributed by atoms with Crippen LogP contribution in [0, 0.1) is 6.92 Å². The predicted octanol–water partition coefficient (Wildman–Crippen LogP) is 2.18. The van der Waals surface area contributed by atoms with Crippen LogP contribution in [-0.2, 0) is 4.74 Å². The van der Waals surface area contributed by atoms with Crippen LogP contribution in [0.3, 0.4) is 0 Å². The van der Waals surface area contributed by atoms with Crippen molar-refractivity contribution in [2.75, 3.05) is 31.1 Å². The normalized spacial score (nSPS) is 21.6. The third-order valence-corrected chi connectivity index (χ3v) is 4.28. The molecule has 2 aromatic rings. The summed E-state index contributed by atoms with van der Waals surface area (Å²) in [4.78, 5) is 20.4. The number of benzene rings is 1. The van der Waals surface area contributed by atoms with Crippen molar-refractivity contribution in [3.8, 4) is 0 Å². The molecule has 0 saturated carbocycles. The van der Waals surface area contributed by atoms with Crippen LogP contribution in [-0.4, -0.2) is 48.3 Å². The topological polar surface area (TPSA) is 45.7 Å². The van der Waals surface area contributed by atoms with E-state index in [1.54, 1.807) is 0 Å². The van der Waals surface area contributed by atoms with Gasteiger partial charge in [0.15, 0.2) is 0 Å². The van der Waals surface area contributed by atoms with Gasteiger partial charge in [-0.1, -0.05) is 18.2 Å². The van der Waals surface area contributed by atoms with Crippen molar-refractivity contribution < 1.29 is 9.53 Å². The number of fused-ring (bicyclic) bond motifs is 2. The summed E-state index contributed by atoms with van der Waals surface area (Å²) < 4.78 is 5.14. The van der Waals surface area contributed by atoms with E-state index in [1.807, 2.05) is 30.0 Å². The summed E-state index contributed by atoms with van der Waals surface area (Å²) >= 11 is 0. The number of aromatic nitrogens is 1. The maximum atomic E-state index is 11.6. The SMILES string of the molecule is Cc1cc(N2CCN3C(=O)OCC3C2)c2ccccc2n1. The molecule has 21 heavy (non-hydrogen) atoms. The van der Waals surface area contributed by atoms with Gasteiger partial charge in [-0.2, -0.15) is 0 Å². The molecule has 5 nitrogen and oxygen atoms in total. The first-order chi connectivity index (χ1) is 10.2. The van der Waals surface area contributed by atoms with Crippen molar-refractivity contribution in [2.24, 2.45) is 0 Å². The fourth-order valence-electron chi connectivity index (χ4n) is 3.25. The second-order valence-electron chi connectivity index (χ2n) is 5.67. The van der Waals surface area contributed by atoms with Crippen molar-refractivity contribution in [1.82, 2.24) is 9.88 Å². The molecule has 0 radical (unpaired) electrons. The fraction of sp³-hybridized carbons (Fsp3) is 0.375. The Hall–Kier alpha value is -2.30. The summed E-state index contributed by atoms with van der Waals surface area (Å²) in [5.74, 6) is 0. The maximum absolute atomic E-state index is 11.6. The smallest absolute Gasteiger partial charge is 0.410 e. The first-order valence-electron chi connectivity index (χ1n) is 7.27. The Kier molecular flexibility index (Phi) is 2.74. The van der Waals surface area contributed by atoms with E-state index in [4.69, 9.17) is 4.74 Å². The highest BCUT2D eigenvalue weighted by atomic mass is 16.6. The minimum atomic E-state index is -0.171. The fourth-order valence-corrected chi connectivity index (χ4v) is 3.25. The molecule has 2 aliphatic heterocycles. The molecular formula is C16H17N3O2. The van der Waals surface area contributed by atoms with Crippen LogP contribution in [0.4, 0.5) is 10.5 Å². The molecule has 1 aromatic carbocycles. The lowest BCUT2D eigenvalue weighted by molar-refractivity contribution is 0.157. The number of carbonyl (C=O) groups excluding carboxylic acids is 1. The molecular weight excluding hydrogens is 266 g/mol. The Morgan fingerprint density at radius 2 is 2.14 bits per heavy atom. The maximum Gasteiger partial charge on any atom is 0.410 e. The van der Waals surface area contributed by atoms with Gasteiger partial charge in [-0.05, 0) is 19.1 Å². The predicted molar refractivity (Wildman–Crippen MR) is 80.5 cm³/mol. The molecule has 0 spiro atoms. The van der Waals surface area contributed by atoms with Crippen molar-refractivity contribution in [1.29, 1.82) is 0 Å².